The lowest BCUT2D eigenvalue weighted by molar-refractivity contribution is -0.124. The molecule has 7 nitrogen and oxygen atoms in total. The van der Waals surface area contributed by atoms with Crippen LogP contribution in [-0.2, 0) is 4.79 Å². The maximum atomic E-state index is 11.9. The predicted octanol–water partition coefficient (Wildman–Crippen LogP) is 4.21. The molecule has 0 saturated carbocycles. The topological polar surface area (TPSA) is 107 Å². The Morgan fingerprint density at radius 1 is 0.971 bits per heavy atom. The smallest absolute Gasteiger partial charge is 0.249 e. The summed E-state index contributed by atoms with van der Waals surface area (Å²) in [6.45, 7) is 4.59. The molecule has 172 valence electrons. The number of carbonyl (C=O) groups excluding carboxylic acids is 2. The van der Waals surface area contributed by atoms with Crippen LogP contribution in [0.15, 0.2) is 73.1 Å². The number of carbonyl (C=O) groups is 2. The number of primary amides is 1. The van der Waals surface area contributed by atoms with Crippen LogP contribution in [-0.4, -0.2) is 34.9 Å². The fourth-order valence-electron chi connectivity index (χ4n) is 3.54. The number of hydrogen-bond donors (Lipinski definition) is 2. The van der Waals surface area contributed by atoms with Crippen molar-refractivity contribution >= 4 is 22.7 Å². The number of ether oxygens (including phenoxy) is 1. The minimum Gasteiger partial charge on any atom is -0.492 e. The van der Waals surface area contributed by atoms with Gasteiger partial charge in [-0.2, -0.15) is 0 Å². The number of aromatic nitrogens is 2. The number of nitrogens with two attached hydrogens (primary N) is 1. The van der Waals surface area contributed by atoms with Crippen molar-refractivity contribution in [3.63, 3.8) is 0 Å². The largest absolute Gasteiger partial charge is 0.492 e. The van der Waals surface area contributed by atoms with E-state index >= 15 is 0 Å². The highest BCUT2D eigenvalue weighted by Gasteiger charge is 2.12. The fourth-order valence-corrected chi connectivity index (χ4v) is 3.54. The van der Waals surface area contributed by atoms with Gasteiger partial charge in [-0.3, -0.25) is 14.6 Å². The summed E-state index contributed by atoms with van der Waals surface area (Å²) in [6.07, 6.45) is 3.24. The minimum atomic E-state index is -0.511. The van der Waals surface area contributed by atoms with Gasteiger partial charge in [0, 0.05) is 29.3 Å². The molecule has 2 amide bonds. The Labute approximate surface area is 198 Å². The molecular weight excluding hydrogens is 428 g/mol. The number of nitrogens with one attached hydrogen (secondary N) is 1. The van der Waals surface area contributed by atoms with Crippen LogP contribution in [0.1, 0.15) is 24.2 Å². The molecule has 0 saturated heterocycles. The molecule has 0 bridgehead atoms. The van der Waals surface area contributed by atoms with Gasteiger partial charge in [0.2, 0.25) is 11.8 Å². The summed E-state index contributed by atoms with van der Waals surface area (Å²) >= 11 is 0. The Hall–Kier alpha value is -4.26. The zero-order valence-corrected chi connectivity index (χ0v) is 19.1. The zero-order valence-electron chi connectivity index (χ0n) is 19.1. The van der Waals surface area contributed by atoms with Crippen molar-refractivity contribution in [2.45, 2.75) is 13.8 Å². The van der Waals surface area contributed by atoms with Crippen molar-refractivity contribution in [1.29, 1.82) is 0 Å². The van der Waals surface area contributed by atoms with Gasteiger partial charge in [0.05, 0.1) is 23.3 Å². The third kappa shape index (κ3) is 5.20. The second kappa shape index (κ2) is 10.1. The van der Waals surface area contributed by atoms with Crippen molar-refractivity contribution in [2.75, 3.05) is 13.2 Å². The molecule has 0 atom stereocenters. The average molecular weight is 455 g/mol. The molecule has 3 N–H and O–H groups in total. The van der Waals surface area contributed by atoms with E-state index in [1.807, 2.05) is 62.4 Å². The zero-order chi connectivity index (χ0) is 24.1. The molecular formula is C27H26N4O3. The highest BCUT2D eigenvalue weighted by atomic mass is 16.5. The van der Waals surface area contributed by atoms with Crippen LogP contribution in [0.4, 0.5) is 0 Å². The van der Waals surface area contributed by atoms with Crippen LogP contribution in [0, 0.1) is 5.92 Å². The summed E-state index contributed by atoms with van der Waals surface area (Å²) in [5.41, 5.74) is 10.3. The van der Waals surface area contributed by atoms with E-state index in [9.17, 15) is 9.59 Å². The van der Waals surface area contributed by atoms with Crippen molar-refractivity contribution < 1.29 is 14.3 Å². The van der Waals surface area contributed by atoms with Crippen molar-refractivity contribution in [1.82, 2.24) is 15.3 Å². The molecule has 4 aromatic rings. The van der Waals surface area contributed by atoms with Gasteiger partial charge in [-0.05, 0) is 35.4 Å². The summed E-state index contributed by atoms with van der Waals surface area (Å²) in [5, 5.41) is 3.47. The standard InChI is InChI=1S/C27H26N4O3/c1-17(2)27(33)30-13-14-34-21-9-7-19(8-10-21)18-3-5-20(6-4-18)25-15-22(26(28)32)23-16-29-12-11-24(23)31-25/h3-12,15-17H,13-14H2,1-2H3,(H2,28,32)(H,30,33). The highest BCUT2D eigenvalue weighted by molar-refractivity contribution is 6.06. The third-order valence-corrected chi connectivity index (χ3v) is 5.44. The Morgan fingerprint density at radius 3 is 2.26 bits per heavy atom. The average Bonchev–Trinajstić information content (AvgIpc) is 2.86. The quantitative estimate of drug-likeness (QED) is 0.388. The van der Waals surface area contributed by atoms with Gasteiger partial charge >= 0.3 is 0 Å². The van der Waals surface area contributed by atoms with Gasteiger partial charge in [0.1, 0.15) is 12.4 Å². The lowest BCUT2D eigenvalue weighted by Gasteiger charge is -2.10. The Morgan fingerprint density at radius 2 is 1.62 bits per heavy atom. The molecule has 2 aromatic carbocycles. The Balaban J connectivity index is 1.46. The summed E-state index contributed by atoms with van der Waals surface area (Å²) in [5.74, 6) is 0.213. The van der Waals surface area contributed by atoms with Crippen LogP contribution in [0.3, 0.4) is 0 Å². The van der Waals surface area contributed by atoms with E-state index in [4.69, 9.17) is 10.5 Å². The number of benzene rings is 2. The summed E-state index contributed by atoms with van der Waals surface area (Å²) in [6, 6.07) is 19.2. The fraction of sp³-hybridized carbons (Fsp3) is 0.185. The van der Waals surface area contributed by atoms with Gasteiger partial charge in [-0.25, -0.2) is 4.98 Å². The van der Waals surface area contributed by atoms with E-state index in [1.54, 1.807) is 24.5 Å². The van der Waals surface area contributed by atoms with Crippen LogP contribution < -0.4 is 15.8 Å². The Kier molecular flexibility index (Phi) is 6.82. The van der Waals surface area contributed by atoms with Gasteiger partial charge in [-0.1, -0.05) is 50.2 Å². The second-order valence-corrected chi connectivity index (χ2v) is 8.21. The monoisotopic (exact) mass is 454 g/mol. The molecule has 34 heavy (non-hydrogen) atoms. The van der Waals surface area contributed by atoms with E-state index in [2.05, 4.69) is 15.3 Å². The summed E-state index contributed by atoms with van der Waals surface area (Å²) in [4.78, 5) is 32.3. The first-order valence-electron chi connectivity index (χ1n) is 11.1. The number of nitrogens with zero attached hydrogens (tertiary/aromatic N) is 2. The van der Waals surface area contributed by atoms with E-state index in [-0.39, 0.29) is 11.8 Å². The van der Waals surface area contributed by atoms with Gasteiger partial charge in [0.25, 0.3) is 0 Å². The summed E-state index contributed by atoms with van der Waals surface area (Å²) < 4.78 is 5.70. The van der Waals surface area contributed by atoms with Crippen LogP contribution in [0.25, 0.3) is 33.3 Å². The number of hydrogen-bond acceptors (Lipinski definition) is 5. The molecule has 0 fully saturated rings. The predicted molar refractivity (Wildman–Crippen MR) is 132 cm³/mol. The minimum absolute atomic E-state index is 0.0177. The number of fused-ring (bicyclic) bond motifs is 1. The van der Waals surface area contributed by atoms with Crippen LogP contribution in [0.5, 0.6) is 5.75 Å². The lowest BCUT2D eigenvalue weighted by atomic mass is 10.0. The molecule has 0 radical (unpaired) electrons. The van der Waals surface area contributed by atoms with Crippen molar-refractivity contribution in [3.05, 3.63) is 78.6 Å². The van der Waals surface area contributed by atoms with E-state index < -0.39 is 5.91 Å². The molecule has 0 aliphatic rings. The van der Waals surface area contributed by atoms with E-state index in [0.29, 0.717) is 35.3 Å². The van der Waals surface area contributed by atoms with Gasteiger partial charge in [-0.15, -0.1) is 0 Å². The number of pyridine rings is 2. The molecule has 0 unspecified atom stereocenters. The molecule has 2 heterocycles. The third-order valence-electron chi connectivity index (χ3n) is 5.44. The maximum Gasteiger partial charge on any atom is 0.249 e. The van der Waals surface area contributed by atoms with E-state index in [0.717, 1.165) is 22.4 Å². The number of rotatable bonds is 8. The SMILES string of the molecule is CC(C)C(=O)NCCOc1ccc(-c2ccc(-c3cc(C(N)=O)c4cnccc4n3)cc2)cc1. The van der Waals surface area contributed by atoms with Gasteiger partial charge < -0.3 is 15.8 Å². The van der Waals surface area contributed by atoms with Gasteiger partial charge in [0.15, 0.2) is 0 Å². The Bertz CT molecular complexity index is 1320. The van der Waals surface area contributed by atoms with Crippen molar-refractivity contribution in [3.8, 4) is 28.1 Å². The van der Waals surface area contributed by atoms with E-state index in [1.165, 1.54) is 0 Å². The summed E-state index contributed by atoms with van der Waals surface area (Å²) in [7, 11) is 0. The second-order valence-electron chi connectivity index (χ2n) is 8.21. The molecule has 0 aliphatic carbocycles. The first kappa shape index (κ1) is 22.9. The van der Waals surface area contributed by atoms with Crippen molar-refractivity contribution in [2.24, 2.45) is 11.7 Å². The lowest BCUT2D eigenvalue weighted by Crippen LogP contribution is -2.31. The molecule has 4 rings (SSSR count). The molecule has 0 spiro atoms. The molecule has 7 heteroatoms. The molecule has 2 aromatic heterocycles. The highest BCUT2D eigenvalue weighted by Crippen LogP contribution is 2.28. The molecule has 0 aliphatic heterocycles. The van der Waals surface area contributed by atoms with Crippen LogP contribution in [0.2, 0.25) is 0 Å². The van der Waals surface area contributed by atoms with Crippen LogP contribution >= 0.6 is 0 Å². The first-order valence-corrected chi connectivity index (χ1v) is 11.1. The normalized spacial score (nSPS) is 10.9. The maximum absolute atomic E-state index is 11.9. The first-order chi connectivity index (χ1) is 16.4. The number of amides is 2.